The van der Waals surface area contributed by atoms with Crippen LogP contribution in [0, 0.1) is 5.41 Å². The molecule has 1 aliphatic heterocycles. The average Bonchev–Trinajstić information content (AvgIpc) is 2.66. The topological polar surface area (TPSA) is 76.1 Å². The van der Waals surface area contributed by atoms with E-state index >= 15 is 0 Å². The van der Waals surface area contributed by atoms with Gasteiger partial charge in [-0.15, -0.1) is 0 Å². The molecule has 0 aromatic carbocycles. The Morgan fingerprint density at radius 3 is 2.26 bits per heavy atom. The molecular formula is C13H23NO5. The first kappa shape index (κ1) is 15.9. The molecular weight excluding hydrogens is 250 g/mol. The number of amides is 1. The van der Waals surface area contributed by atoms with Crippen molar-refractivity contribution in [2.75, 3.05) is 13.7 Å². The second-order valence-electron chi connectivity index (χ2n) is 6.45. The van der Waals surface area contributed by atoms with Crippen LogP contribution in [-0.4, -0.2) is 53.5 Å². The number of aliphatic hydroxyl groups is 1. The lowest BCUT2D eigenvalue weighted by atomic mass is 9.81. The summed E-state index contributed by atoms with van der Waals surface area (Å²) in [6.45, 7) is 8.52. The minimum Gasteiger partial charge on any atom is -0.467 e. The van der Waals surface area contributed by atoms with E-state index in [4.69, 9.17) is 9.47 Å². The van der Waals surface area contributed by atoms with E-state index in [2.05, 4.69) is 0 Å². The summed E-state index contributed by atoms with van der Waals surface area (Å²) in [5.41, 5.74) is -3.40. The molecule has 1 N–H and O–H groups in total. The smallest absolute Gasteiger partial charge is 0.337 e. The molecule has 0 aromatic heterocycles. The minimum absolute atomic E-state index is 0.0934. The number of methoxy groups -OCH3 is 1. The molecule has 6 nitrogen and oxygen atoms in total. The summed E-state index contributed by atoms with van der Waals surface area (Å²) >= 11 is 0. The lowest BCUT2D eigenvalue weighted by molar-refractivity contribution is -0.175. The van der Waals surface area contributed by atoms with Crippen LogP contribution < -0.4 is 0 Å². The van der Waals surface area contributed by atoms with Crippen LogP contribution in [0.15, 0.2) is 0 Å². The molecule has 0 spiro atoms. The molecule has 1 aliphatic rings. The van der Waals surface area contributed by atoms with Crippen LogP contribution in [0.25, 0.3) is 0 Å². The third kappa shape index (κ3) is 2.34. The molecule has 6 heteroatoms. The Kier molecular flexibility index (Phi) is 3.98. The van der Waals surface area contributed by atoms with E-state index in [1.165, 1.54) is 25.9 Å². The fraction of sp³-hybridized carbons (Fsp3) is 0.846. The van der Waals surface area contributed by atoms with Crippen molar-refractivity contribution in [2.24, 2.45) is 5.41 Å². The molecule has 0 aromatic rings. The predicted octanol–water partition coefficient (Wildman–Crippen LogP) is 0.530. The summed E-state index contributed by atoms with van der Waals surface area (Å²) in [5.74, 6) is -0.682. The SMILES string of the molecule is COC(=O)C1(C(C)(C)O)COC(C(C)(C)C)N1C=O. The van der Waals surface area contributed by atoms with Crippen molar-refractivity contribution in [1.82, 2.24) is 4.90 Å². The van der Waals surface area contributed by atoms with Gasteiger partial charge in [0.1, 0.15) is 6.23 Å². The third-order valence-corrected chi connectivity index (χ3v) is 3.53. The van der Waals surface area contributed by atoms with Crippen molar-refractivity contribution in [3.63, 3.8) is 0 Å². The second kappa shape index (κ2) is 4.76. The van der Waals surface area contributed by atoms with Crippen molar-refractivity contribution in [3.8, 4) is 0 Å². The number of ether oxygens (including phenoxy) is 2. The molecule has 1 rings (SSSR count). The van der Waals surface area contributed by atoms with Gasteiger partial charge in [-0.25, -0.2) is 4.79 Å². The number of hydrogen-bond donors (Lipinski definition) is 1. The van der Waals surface area contributed by atoms with Crippen molar-refractivity contribution < 1.29 is 24.2 Å². The van der Waals surface area contributed by atoms with Gasteiger partial charge in [-0.2, -0.15) is 0 Å². The molecule has 1 amide bonds. The van der Waals surface area contributed by atoms with Crippen molar-refractivity contribution in [2.45, 2.75) is 52.0 Å². The van der Waals surface area contributed by atoms with Crippen LogP contribution in [0.4, 0.5) is 0 Å². The highest BCUT2D eigenvalue weighted by atomic mass is 16.6. The zero-order chi connectivity index (χ0) is 15.1. The molecule has 2 unspecified atom stereocenters. The summed E-state index contributed by atoms with van der Waals surface area (Å²) in [5, 5.41) is 10.4. The average molecular weight is 273 g/mol. The van der Waals surface area contributed by atoms with Gasteiger partial charge in [0.25, 0.3) is 0 Å². The maximum atomic E-state index is 12.2. The quantitative estimate of drug-likeness (QED) is 0.599. The highest BCUT2D eigenvalue weighted by Crippen LogP contribution is 2.42. The molecule has 1 saturated heterocycles. The summed E-state index contributed by atoms with van der Waals surface area (Å²) < 4.78 is 10.4. The van der Waals surface area contributed by atoms with Gasteiger partial charge >= 0.3 is 5.97 Å². The molecule has 1 heterocycles. The first-order valence-electron chi connectivity index (χ1n) is 6.18. The van der Waals surface area contributed by atoms with Gasteiger partial charge < -0.3 is 14.6 Å². The zero-order valence-electron chi connectivity index (χ0n) is 12.4. The summed E-state index contributed by atoms with van der Waals surface area (Å²) in [6, 6.07) is 0. The van der Waals surface area contributed by atoms with E-state index in [1.54, 1.807) is 0 Å². The van der Waals surface area contributed by atoms with Gasteiger partial charge in [0.15, 0.2) is 5.54 Å². The number of esters is 1. The minimum atomic E-state index is -1.53. The highest BCUT2D eigenvalue weighted by Gasteiger charge is 2.63. The Bertz CT molecular complexity index is 368. The third-order valence-electron chi connectivity index (χ3n) is 3.53. The van der Waals surface area contributed by atoms with Gasteiger partial charge in [-0.05, 0) is 13.8 Å². The molecule has 2 atom stereocenters. The maximum absolute atomic E-state index is 12.2. The summed E-state index contributed by atoms with van der Waals surface area (Å²) in [4.78, 5) is 24.9. The first-order valence-corrected chi connectivity index (χ1v) is 6.18. The first-order chi connectivity index (χ1) is 8.52. The summed E-state index contributed by atoms with van der Waals surface area (Å²) in [6.07, 6.45) is -0.0619. The number of carbonyl (C=O) groups is 2. The van der Waals surface area contributed by atoms with Gasteiger partial charge in [0, 0.05) is 5.41 Å². The molecule has 1 fully saturated rings. The van der Waals surface area contributed by atoms with Gasteiger partial charge in [0.05, 0.1) is 19.3 Å². The van der Waals surface area contributed by atoms with Crippen LogP contribution in [0.2, 0.25) is 0 Å². The van der Waals surface area contributed by atoms with E-state index in [-0.39, 0.29) is 12.0 Å². The molecule has 0 aliphatic carbocycles. The number of rotatable bonds is 3. The standard InChI is InChI=1S/C13H23NO5/c1-11(2,3)9-14(8-15)13(7-19-9,10(16)18-6)12(4,5)17/h8-9,17H,7H2,1-6H3. The Labute approximate surface area is 113 Å². The van der Waals surface area contributed by atoms with Crippen molar-refractivity contribution in [3.05, 3.63) is 0 Å². The monoisotopic (exact) mass is 273 g/mol. The van der Waals surface area contributed by atoms with Crippen LogP contribution in [0.1, 0.15) is 34.6 Å². The molecule has 0 bridgehead atoms. The Morgan fingerprint density at radius 2 is 1.95 bits per heavy atom. The maximum Gasteiger partial charge on any atom is 0.337 e. The van der Waals surface area contributed by atoms with E-state index in [1.807, 2.05) is 20.8 Å². The predicted molar refractivity (Wildman–Crippen MR) is 68.1 cm³/mol. The lowest BCUT2D eigenvalue weighted by Crippen LogP contribution is -2.67. The van der Waals surface area contributed by atoms with E-state index < -0.39 is 23.3 Å². The lowest BCUT2D eigenvalue weighted by Gasteiger charge is -2.44. The molecule has 0 radical (unpaired) electrons. The van der Waals surface area contributed by atoms with Crippen molar-refractivity contribution >= 4 is 12.4 Å². The Balaban J connectivity index is 3.35. The zero-order valence-corrected chi connectivity index (χ0v) is 12.4. The van der Waals surface area contributed by atoms with Crippen LogP contribution >= 0.6 is 0 Å². The normalized spacial score (nSPS) is 28.4. The highest BCUT2D eigenvalue weighted by molar-refractivity contribution is 5.85. The number of hydrogen-bond acceptors (Lipinski definition) is 5. The van der Waals surface area contributed by atoms with E-state index in [0.717, 1.165) is 0 Å². The van der Waals surface area contributed by atoms with E-state index in [0.29, 0.717) is 6.41 Å². The number of nitrogens with zero attached hydrogens (tertiary/aromatic N) is 1. The van der Waals surface area contributed by atoms with Crippen LogP contribution in [0.5, 0.6) is 0 Å². The largest absolute Gasteiger partial charge is 0.467 e. The fourth-order valence-corrected chi connectivity index (χ4v) is 2.44. The van der Waals surface area contributed by atoms with Crippen molar-refractivity contribution in [1.29, 1.82) is 0 Å². The van der Waals surface area contributed by atoms with Gasteiger partial charge in [-0.3, -0.25) is 9.69 Å². The van der Waals surface area contributed by atoms with Crippen LogP contribution in [-0.2, 0) is 19.1 Å². The Hall–Kier alpha value is -1.14. The van der Waals surface area contributed by atoms with E-state index in [9.17, 15) is 14.7 Å². The van der Waals surface area contributed by atoms with Gasteiger partial charge in [-0.1, -0.05) is 20.8 Å². The number of carbonyl (C=O) groups excluding carboxylic acids is 2. The summed E-state index contributed by atoms with van der Waals surface area (Å²) in [7, 11) is 1.23. The molecule has 19 heavy (non-hydrogen) atoms. The Morgan fingerprint density at radius 1 is 1.42 bits per heavy atom. The molecule has 110 valence electrons. The van der Waals surface area contributed by atoms with Crippen LogP contribution in [0.3, 0.4) is 0 Å². The molecule has 0 saturated carbocycles. The second-order valence-corrected chi connectivity index (χ2v) is 6.45. The fourth-order valence-electron chi connectivity index (χ4n) is 2.44. The van der Waals surface area contributed by atoms with Gasteiger partial charge in [0.2, 0.25) is 6.41 Å².